The smallest absolute Gasteiger partial charge is 0.228 e. The molecule has 0 radical (unpaired) electrons. The molecule has 0 saturated carbocycles. The van der Waals surface area contributed by atoms with Crippen molar-refractivity contribution in [3.63, 3.8) is 0 Å². The lowest BCUT2D eigenvalue weighted by atomic mass is 10.1. The number of carbonyl (C=O) groups is 2. The zero-order valence-corrected chi connectivity index (χ0v) is 14.4. The molecule has 5 nitrogen and oxygen atoms in total. The SMILES string of the molecule is CC(=O)SC1CC(=O)N(c2ccc(N3CCOCC3)c(C)c2)C1. The standard InChI is InChI=1S/C17H22N2O3S/c1-12-9-14(3-4-16(12)18-5-7-22-8-6-18)19-11-15(10-17(19)21)23-13(2)20/h3-4,9,15H,5-8,10-11H2,1-2H3. The second-order valence-corrected chi connectivity index (χ2v) is 7.49. The Hall–Kier alpha value is -1.53. The number of anilines is 2. The lowest BCUT2D eigenvalue weighted by molar-refractivity contribution is -0.117. The fraction of sp³-hybridized carbons (Fsp3) is 0.529. The van der Waals surface area contributed by atoms with Gasteiger partial charge < -0.3 is 14.5 Å². The van der Waals surface area contributed by atoms with Gasteiger partial charge in [0.25, 0.3) is 0 Å². The van der Waals surface area contributed by atoms with Crippen molar-refractivity contribution in [3.8, 4) is 0 Å². The van der Waals surface area contributed by atoms with E-state index < -0.39 is 0 Å². The van der Waals surface area contributed by atoms with E-state index in [1.807, 2.05) is 6.07 Å². The van der Waals surface area contributed by atoms with Gasteiger partial charge in [0.2, 0.25) is 5.91 Å². The van der Waals surface area contributed by atoms with Crippen LogP contribution in [-0.4, -0.2) is 49.1 Å². The van der Waals surface area contributed by atoms with Gasteiger partial charge in [-0.15, -0.1) is 0 Å². The maximum absolute atomic E-state index is 12.2. The Labute approximate surface area is 141 Å². The molecule has 0 spiro atoms. The molecule has 0 N–H and O–H groups in total. The number of hydrogen-bond donors (Lipinski definition) is 0. The van der Waals surface area contributed by atoms with Crippen molar-refractivity contribution in [3.05, 3.63) is 23.8 Å². The minimum absolute atomic E-state index is 0.0687. The first-order valence-corrected chi connectivity index (χ1v) is 8.83. The molecule has 0 bridgehead atoms. The summed E-state index contributed by atoms with van der Waals surface area (Å²) >= 11 is 1.27. The molecule has 2 aliphatic heterocycles. The predicted molar refractivity (Wildman–Crippen MR) is 93.2 cm³/mol. The van der Waals surface area contributed by atoms with Crippen LogP contribution < -0.4 is 9.80 Å². The molecular formula is C17H22N2O3S. The molecule has 1 amide bonds. The summed E-state index contributed by atoms with van der Waals surface area (Å²) in [6.45, 7) is 7.57. The van der Waals surface area contributed by atoms with Gasteiger partial charge in [0.05, 0.1) is 13.2 Å². The lowest BCUT2D eigenvalue weighted by Gasteiger charge is -2.30. The van der Waals surface area contributed by atoms with Crippen LogP contribution in [0.4, 0.5) is 11.4 Å². The molecule has 2 aliphatic rings. The number of rotatable bonds is 3. The monoisotopic (exact) mass is 334 g/mol. The van der Waals surface area contributed by atoms with Crippen molar-refractivity contribution < 1.29 is 14.3 Å². The van der Waals surface area contributed by atoms with Crippen molar-refractivity contribution in [2.45, 2.75) is 25.5 Å². The molecule has 1 atom stereocenters. The number of carbonyl (C=O) groups excluding carboxylic acids is 2. The average Bonchev–Trinajstić information content (AvgIpc) is 2.87. The van der Waals surface area contributed by atoms with Crippen molar-refractivity contribution in [2.24, 2.45) is 0 Å². The van der Waals surface area contributed by atoms with Crippen LogP contribution in [0.15, 0.2) is 18.2 Å². The number of ether oxygens (including phenoxy) is 1. The van der Waals surface area contributed by atoms with Crippen molar-refractivity contribution in [1.82, 2.24) is 0 Å². The second kappa shape index (κ2) is 6.93. The van der Waals surface area contributed by atoms with E-state index in [1.54, 1.807) is 11.8 Å². The minimum atomic E-state index is 0.0687. The maximum atomic E-state index is 12.2. The van der Waals surface area contributed by atoms with E-state index in [0.717, 1.165) is 32.0 Å². The van der Waals surface area contributed by atoms with Gasteiger partial charge in [0.15, 0.2) is 5.12 Å². The molecule has 124 valence electrons. The summed E-state index contributed by atoms with van der Waals surface area (Å²) in [5.74, 6) is 0.0993. The van der Waals surface area contributed by atoms with Crippen LogP contribution in [0.2, 0.25) is 0 Å². The molecule has 2 heterocycles. The van der Waals surface area contributed by atoms with Crippen LogP contribution in [0.3, 0.4) is 0 Å². The molecule has 2 saturated heterocycles. The van der Waals surface area contributed by atoms with Gasteiger partial charge in [-0.2, -0.15) is 0 Å². The molecule has 2 fully saturated rings. The van der Waals surface area contributed by atoms with E-state index in [-0.39, 0.29) is 16.3 Å². The number of aryl methyl sites for hydroxylation is 1. The third kappa shape index (κ3) is 3.70. The van der Waals surface area contributed by atoms with E-state index in [9.17, 15) is 9.59 Å². The summed E-state index contributed by atoms with van der Waals surface area (Å²) in [7, 11) is 0. The first-order valence-electron chi connectivity index (χ1n) is 7.95. The maximum Gasteiger partial charge on any atom is 0.228 e. The summed E-state index contributed by atoms with van der Waals surface area (Å²) in [6, 6.07) is 6.18. The highest BCUT2D eigenvalue weighted by molar-refractivity contribution is 8.14. The normalized spacial score (nSPS) is 21.8. The first-order chi connectivity index (χ1) is 11.0. The molecular weight excluding hydrogens is 312 g/mol. The Morgan fingerprint density at radius 3 is 2.70 bits per heavy atom. The molecule has 0 aliphatic carbocycles. The quantitative estimate of drug-likeness (QED) is 0.848. The van der Waals surface area contributed by atoms with Gasteiger partial charge in [0.1, 0.15) is 0 Å². The molecule has 0 aromatic heterocycles. The Morgan fingerprint density at radius 2 is 2.04 bits per heavy atom. The topological polar surface area (TPSA) is 49.9 Å². The summed E-state index contributed by atoms with van der Waals surface area (Å²) in [5.41, 5.74) is 3.30. The Balaban J connectivity index is 1.75. The van der Waals surface area contributed by atoms with Gasteiger partial charge >= 0.3 is 0 Å². The van der Waals surface area contributed by atoms with E-state index in [1.165, 1.54) is 23.0 Å². The van der Waals surface area contributed by atoms with Gasteiger partial charge in [0, 0.05) is 49.6 Å². The highest BCUT2D eigenvalue weighted by Crippen LogP contribution is 2.31. The molecule has 1 unspecified atom stereocenters. The zero-order chi connectivity index (χ0) is 16.4. The molecule has 1 aromatic carbocycles. The molecule has 1 aromatic rings. The van der Waals surface area contributed by atoms with Crippen LogP contribution >= 0.6 is 11.8 Å². The van der Waals surface area contributed by atoms with E-state index in [0.29, 0.717) is 13.0 Å². The largest absolute Gasteiger partial charge is 0.378 e. The van der Waals surface area contributed by atoms with Gasteiger partial charge in [-0.25, -0.2) is 0 Å². The van der Waals surface area contributed by atoms with E-state index in [2.05, 4.69) is 24.0 Å². The number of thioether (sulfide) groups is 1. The zero-order valence-electron chi connectivity index (χ0n) is 13.6. The van der Waals surface area contributed by atoms with Gasteiger partial charge in [-0.05, 0) is 30.7 Å². The fourth-order valence-corrected chi connectivity index (χ4v) is 4.12. The summed E-state index contributed by atoms with van der Waals surface area (Å²) < 4.78 is 5.40. The lowest BCUT2D eigenvalue weighted by Crippen LogP contribution is -2.36. The third-order valence-electron chi connectivity index (χ3n) is 4.27. The van der Waals surface area contributed by atoms with Crippen LogP contribution in [0, 0.1) is 6.92 Å². The summed E-state index contributed by atoms with van der Waals surface area (Å²) in [6.07, 6.45) is 0.439. The Morgan fingerprint density at radius 1 is 1.30 bits per heavy atom. The Bertz CT molecular complexity index is 614. The number of nitrogens with zero attached hydrogens (tertiary/aromatic N) is 2. The number of hydrogen-bond acceptors (Lipinski definition) is 5. The van der Waals surface area contributed by atoms with Crippen molar-refractivity contribution in [1.29, 1.82) is 0 Å². The van der Waals surface area contributed by atoms with Gasteiger partial charge in [-0.1, -0.05) is 11.8 Å². The highest BCUT2D eigenvalue weighted by atomic mass is 32.2. The fourth-order valence-electron chi connectivity index (χ4n) is 3.20. The van der Waals surface area contributed by atoms with E-state index >= 15 is 0 Å². The summed E-state index contributed by atoms with van der Waals surface area (Å²) in [5, 5.41) is 0.141. The second-order valence-electron chi connectivity index (χ2n) is 6.01. The van der Waals surface area contributed by atoms with Gasteiger partial charge in [-0.3, -0.25) is 9.59 Å². The minimum Gasteiger partial charge on any atom is -0.378 e. The molecule has 3 rings (SSSR count). The number of amides is 1. The number of morpholine rings is 1. The highest BCUT2D eigenvalue weighted by Gasteiger charge is 2.32. The van der Waals surface area contributed by atoms with Crippen molar-refractivity contribution >= 4 is 34.2 Å². The van der Waals surface area contributed by atoms with Crippen LogP contribution in [-0.2, 0) is 14.3 Å². The first kappa shape index (κ1) is 16.3. The average molecular weight is 334 g/mol. The van der Waals surface area contributed by atoms with Crippen molar-refractivity contribution in [2.75, 3.05) is 42.6 Å². The summed E-state index contributed by atoms with van der Waals surface area (Å²) in [4.78, 5) is 27.6. The van der Waals surface area contributed by atoms with E-state index in [4.69, 9.17) is 4.74 Å². The Kier molecular flexibility index (Phi) is 4.92. The van der Waals surface area contributed by atoms with Crippen LogP contribution in [0.25, 0.3) is 0 Å². The predicted octanol–water partition coefficient (Wildman–Crippen LogP) is 2.22. The number of benzene rings is 1. The third-order valence-corrected chi connectivity index (χ3v) is 5.25. The van der Waals surface area contributed by atoms with Crippen LogP contribution in [0.5, 0.6) is 0 Å². The van der Waals surface area contributed by atoms with Crippen LogP contribution in [0.1, 0.15) is 18.9 Å². The molecule has 23 heavy (non-hydrogen) atoms. The molecule has 6 heteroatoms.